The zero-order valence-corrected chi connectivity index (χ0v) is 9.23. The van der Waals surface area contributed by atoms with E-state index in [9.17, 15) is 15.2 Å². The zero-order valence-electron chi connectivity index (χ0n) is 9.23. The van der Waals surface area contributed by atoms with E-state index in [1.807, 2.05) is 6.07 Å². The summed E-state index contributed by atoms with van der Waals surface area (Å²) >= 11 is 0. The smallest absolute Gasteiger partial charge is 0.320 e. The highest BCUT2D eigenvalue weighted by Crippen LogP contribution is 2.21. The minimum atomic E-state index is -1.04. The number of rotatable bonds is 2. The van der Waals surface area contributed by atoms with Gasteiger partial charge in [0.1, 0.15) is 6.04 Å². The van der Waals surface area contributed by atoms with Gasteiger partial charge in [-0.1, -0.05) is 30.3 Å². The number of carbonyl (C=O) groups is 1. The van der Waals surface area contributed by atoms with E-state index in [4.69, 9.17) is 0 Å². The lowest BCUT2D eigenvalue weighted by Crippen LogP contribution is -3.04. The van der Waals surface area contributed by atoms with Crippen LogP contribution in [-0.2, 0) is 0 Å². The minimum Gasteiger partial charge on any atom is -0.595 e. The van der Waals surface area contributed by atoms with Gasteiger partial charge in [0.05, 0.1) is 5.70 Å². The van der Waals surface area contributed by atoms with Crippen LogP contribution in [0.15, 0.2) is 41.7 Å². The van der Waals surface area contributed by atoms with Gasteiger partial charge in [-0.05, 0) is 12.5 Å². The van der Waals surface area contributed by atoms with Crippen LogP contribution in [0.4, 0.5) is 4.79 Å². The number of hydrogen-bond acceptors (Lipinski definition) is 3. The first-order valence-electron chi connectivity index (χ1n) is 5.16. The van der Waals surface area contributed by atoms with Crippen LogP contribution >= 0.6 is 0 Å². The molecule has 1 heterocycles. The van der Waals surface area contributed by atoms with E-state index >= 15 is 0 Å². The molecule has 2 rings (SSSR count). The Kier molecular flexibility index (Phi) is 3.10. The summed E-state index contributed by atoms with van der Waals surface area (Å²) in [5, 5.41) is 24.4. The molecule has 0 spiro atoms. The van der Waals surface area contributed by atoms with Crippen molar-refractivity contribution in [2.45, 2.75) is 13.0 Å². The summed E-state index contributed by atoms with van der Waals surface area (Å²) in [6, 6.07) is 8.02. The van der Waals surface area contributed by atoms with Crippen LogP contribution in [0.5, 0.6) is 0 Å². The second-order valence-corrected chi connectivity index (χ2v) is 3.79. The fourth-order valence-corrected chi connectivity index (χ4v) is 1.87. The Balaban J connectivity index is 2.44. The summed E-state index contributed by atoms with van der Waals surface area (Å²) in [5.41, 5.74) is 1.28. The van der Waals surface area contributed by atoms with Gasteiger partial charge in [0.25, 0.3) is 0 Å². The molecule has 0 fully saturated rings. The second kappa shape index (κ2) is 4.54. The molecule has 0 aromatic heterocycles. The molecule has 17 heavy (non-hydrogen) atoms. The fraction of sp³-hybridized carbons (Fsp3) is 0.182. The first-order valence-corrected chi connectivity index (χ1v) is 5.16. The van der Waals surface area contributed by atoms with Crippen LogP contribution in [0.25, 0.3) is 0 Å². The lowest BCUT2D eigenvalue weighted by atomic mass is 10.0. The summed E-state index contributed by atoms with van der Waals surface area (Å²) in [5.74, 6) is 0. The molecule has 0 radical (unpaired) electrons. The molecule has 2 amide bonds. The van der Waals surface area contributed by atoms with Crippen LogP contribution < -0.4 is 15.9 Å². The van der Waals surface area contributed by atoms with Crippen LogP contribution in [0.3, 0.4) is 0 Å². The molecule has 1 aromatic carbocycles. The van der Waals surface area contributed by atoms with Gasteiger partial charge in [-0.2, -0.15) is 5.23 Å². The minimum absolute atomic E-state index is 0.163. The molecule has 90 valence electrons. The van der Waals surface area contributed by atoms with E-state index in [0.717, 1.165) is 5.56 Å². The third-order valence-corrected chi connectivity index (χ3v) is 2.63. The average molecular weight is 235 g/mol. The molecule has 1 aliphatic heterocycles. The van der Waals surface area contributed by atoms with Crippen LogP contribution in [0.1, 0.15) is 18.5 Å². The van der Waals surface area contributed by atoms with Crippen LogP contribution in [0, 0.1) is 5.21 Å². The van der Waals surface area contributed by atoms with Gasteiger partial charge in [0.2, 0.25) is 0 Å². The summed E-state index contributed by atoms with van der Waals surface area (Å²) in [7, 11) is 0. The molecule has 6 nitrogen and oxygen atoms in total. The highest BCUT2D eigenvalue weighted by molar-refractivity contribution is 5.78. The van der Waals surface area contributed by atoms with E-state index < -0.39 is 11.3 Å². The number of urea groups is 1. The third kappa shape index (κ3) is 2.28. The van der Waals surface area contributed by atoms with Crippen molar-refractivity contribution in [3.05, 3.63) is 52.5 Å². The van der Waals surface area contributed by atoms with E-state index in [-0.39, 0.29) is 11.7 Å². The average Bonchev–Trinajstić information content (AvgIpc) is 2.28. The zero-order chi connectivity index (χ0) is 12.4. The molecule has 6 heteroatoms. The van der Waals surface area contributed by atoms with Gasteiger partial charge in [-0.25, -0.2) is 10.0 Å². The number of quaternary nitrogens is 1. The number of amides is 2. The Labute approximate surface area is 98.1 Å². The van der Waals surface area contributed by atoms with E-state index in [1.165, 1.54) is 0 Å². The molecule has 1 aromatic rings. The highest BCUT2D eigenvalue weighted by Gasteiger charge is 2.31. The summed E-state index contributed by atoms with van der Waals surface area (Å²) in [6.07, 6.45) is 0. The van der Waals surface area contributed by atoms with E-state index in [0.29, 0.717) is 5.70 Å². The van der Waals surface area contributed by atoms with Gasteiger partial charge in [0.15, 0.2) is 5.70 Å². The quantitative estimate of drug-likeness (QED) is 0.546. The Bertz CT molecular complexity index is 456. The molecule has 4 N–H and O–H groups in total. The predicted molar refractivity (Wildman–Crippen MR) is 59.7 cm³/mol. The maximum absolute atomic E-state index is 11.4. The van der Waals surface area contributed by atoms with Crippen molar-refractivity contribution in [3.8, 4) is 0 Å². The third-order valence-electron chi connectivity index (χ3n) is 2.63. The summed E-state index contributed by atoms with van der Waals surface area (Å²) in [6.45, 7) is 1.58. The first-order chi connectivity index (χ1) is 8.09. The predicted octanol–water partition coefficient (Wildman–Crippen LogP) is 0.0439. The van der Waals surface area contributed by atoms with Gasteiger partial charge in [0, 0.05) is 0 Å². The number of hydroxylamine groups is 2. The van der Waals surface area contributed by atoms with E-state index in [2.05, 4.69) is 10.6 Å². The summed E-state index contributed by atoms with van der Waals surface area (Å²) in [4.78, 5) is 11.4. The molecular formula is C11H13N3O3. The van der Waals surface area contributed by atoms with Crippen molar-refractivity contribution >= 4 is 6.03 Å². The Morgan fingerprint density at radius 2 is 2.00 bits per heavy atom. The summed E-state index contributed by atoms with van der Waals surface area (Å²) < 4.78 is 0. The number of nitrogens with one attached hydrogen (secondary N) is 3. The molecule has 2 unspecified atom stereocenters. The Morgan fingerprint density at radius 3 is 2.59 bits per heavy atom. The standard InChI is InChI=1S/C11H13N3O3/c1-7-10(14(16)17)9(13-11(15)12-7)8-5-3-2-4-6-8/h2-6,9,14,16H,1H3,(H2,12,13,15). The van der Waals surface area contributed by atoms with Gasteiger partial charge >= 0.3 is 6.03 Å². The van der Waals surface area contributed by atoms with E-state index in [1.54, 1.807) is 31.2 Å². The van der Waals surface area contributed by atoms with Gasteiger partial charge in [-0.3, -0.25) is 0 Å². The largest absolute Gasteiger partial charge is 0.595 e. The molecule has 0 aliphatic carbocycles. The molecule has 0 bridgehead atoms. The SMILES string of the molecule is CC1=C([NH+]([O-])O)C(c2ccccc2)NC(=O)N1. The maximum atomic E-state index is 11.4. The van der Waals surface area contributed by atoms with Crippen LogP contribution in [-0.4, -0.2) is 11.2 Å². The fourth-order valence-electron chi connectivity index (χ4n) is 1.87. The van der Waals surface area contributed by atoms with Crippen LogP contribution in [0.2, 0.25) is 0 Å². The van der Waals surface area contributed by atoms with Crippen molar-refractivity contribution in [2.24, 2.45) is 0 Å². The lowest BCUT2D eigenvalue weighted by molar-refractivity contribution is -1.02. The molecule has 0 saturated carbocycles. The molecular weight excluding hydrogens is 222 g/mol. The van der Waals surface area contributed by atoms with Gasteiger partial charge in [-0.15, -0.1) is 0 Å². The molecule has 0 saturated heterocycles. The normalized spacial score (nSPS) is 21.8. The van der Waals surface area contributed by atoms with Crippen molar-refractivity contribution in [2.75, 3.05) is 0 Å². The maximum Gasteiger partial charge on any atom is 0.320 e. The number of benzene rings is 1. The van der Waals surface area contributed by atoms with Crippen molar-refractivity contribution in [1.82, 2.24) is 10.6 Å². The number of allylic oxidation sites excluding steroid dienone is 1. The van der Waals surface area contributed by atoms with Crippen molar-refractivity contribution in [1.29, 1.82) is 0 Å². The first kappa shape index (κ1) is 11.6. The highest BCUT2D eigenvalue weighted by atomic mass is 16.8. The van der Waals surface area contributed by atoms with Crippen molar-refractivity contribution in [3.63, 3.8) is 0 Å². The number of carbonyl (C=O) groups excluding carboxylic acids is 1. The number of hydrogen-bond donors (Lipinski definition) is 4. The Morgan fingerprint density at radius 1 is 1.35 bits per heavy atom. The molecule has 1 aliphatic rings. The molecule has 2 atom stereocenters. The topological polar surface area (TPSA) is 88.9 Å². The van der Waals surface area contributed by atoms with Gasteiger partial charge < -0.3 is 15.8 Å². The monoisotopic (exact) mass is 235 g/mol. The lowest BCUT2D eigenvalue weighted by Gasteiger charge is -2.30. The second-order valence-electron chi connectivity index (χ2n) is 3.79. The Hall–Kier alpha value is -1.89. The van der Waals surface area contributed by atoms with Crippen molar-refractivity contribution < 1.29 is 15.2 Å².